The topological polar surface area (TPSA) is 79.2 Å². The van der Waals surface area contributed by atoms with Crippen LogP contribution in [0.5, 0.6) is 0 Å². The number of hydrogen-bond donors (Lipinski definition) is 1. The minimum absolute atomic E-state index is 0.0343. The number of likely N-dealkylation sites (N-methyl/N-ethyl adjacent to an activating group) is 1. The van der Waals surface area contributed by atoms with Crippen LogP contribution in [-0.4, -0.2) is 50.1 Å². The van der Waals surface area contributed by atoms with Crippen molar-refractivity contribution < 1.29 is 4.79 Å². The Morgan fingerprint density at radius 1 is 1.19 bits per heavy atom. The number of hydrogen-bond acceptors (Lipinski definition) is 5. The lowest BCUT2D eigenvalue weighted by Crippen LogP contribution is -2.38. The zero-order valence-electron chi connectivity index (χ0n) is 18.4. The molecule has 1 unspecified atom stereocenters. The van der Waals surface area contributed by atoms with Gasteiger partial charge in [0.2, 0.25) is 5.95 Å². The van der Waals surface area contributed by atoms with Crippen molar-refractivity contribution in [2.45, 2.75) is 38.3 Å². The first-order chi connectivity index (χ1) is 15.4. The average Bonchev–Trinajstić information content (AvgIpc) is 3.25. The van der Waals surface area contributed by atoms with Crippen molar-refractivity contribution in [1.29, 1.82) is 0 Å². The van der Waals surface area contributed by atoms with Gasteiger partial charge in [-0.25, -0.2) is 14.8 Å². The zero-order chi connectivity index (χ0) is 22.5. The molecule has 2 amide bonds. The summed E-state index contributed by atoms with van der Waals surface area (Å²) in [4.78, 5) is 30.0. The standard InChI is InChI=1S/C23H26ClN7O/c1-15(2)18-12-29(3)22(32)31(18)20-8-11-25-21(27-20)28-23(9-10-23)19-13-30(14-26-19)17-7-5-4-6-16(17)24/h4-8,11,13-15,18H,9-10,12H2,1-3H3,(H,25,27,28). The third-order valence-corrected chi connectivity index (χ3v) is 6.61. The van der Waals surface area contributed by atoms with Crippen molar-refractivity contribution in [3.8, 4) is 5.69 Å². The van der Waals surface area contributed by atoms with Gasteiger partial charge in [-0.05, 0) is 37.0 Å². The van der Waals surface area contributed by atoms with E-state index in [4.69, 9.17) is 16.6 Å². The molecule has 1 aliphatic heterocycles. The molecule has 5 rings (SSSR count). The van der Waals surface area contributed by atoms with Crippen LogP contribution < -0.4 is 10.2 Å². The molecule has 1 saturated carbocycles. The van der Waals surface area contributed by atoms with Crippen molar-refractivity contribution in [1.82, 2.24) is 24.4 Å². The highest BCUT2D eigenvalue weighted by Crippen LogP contribution is 2.47. The van der Waals surface area contributed by atoms with Gasteiger partial charge >= 0.3 is 6.03 Å². The number of halogens is 1. The van der Waals surface area contributed by atoms with Crippen LogP contribution in [0.3, 0.4) is 0 Å². The number of urea groups is 1. The number of nitrogens with one attached hydrogen (secondary N) is 1. The molecule has 1 atom stereocenters. The molecule has 2 aromatic heterocycles. The molecule has 8 nitrogen and oxygen atoms in total. The predicted molar refractivity (Wildman–Crippen MR) is 124 cm³/mol. The lowest BCUT2D eigenvalue weighted by Gasteiger charge is -2.25. The summed E-state index contributed by atoms with van der Waals surface area (Å²) in [5.74, 6) is 1.43. The molecule has 2 fully saturated rings. The molecule has 0 bridgehead atoms. The number of anilines is 2. The number of nitrogens with zero attached hydrogens (tertiary/aromatic N) is 6. The summed E-state index contributed by atoms with van der Waals surface area (Å²) >= 11 is 6.34. The maximum Gasteiger partial charge on any atom is 0.325 e. The van der Waals surface area contributed by atoms with Gasteiger partial charge < -0.3 is 14.8 Å². The molecule has 3 aromatic rings. The summed E-state index contributed by atoms with van der Waals surface area (Å²) in [7, 11) is 1.83. The Morgan fingerprint density at radius 2 is 1.97 bits per heavy atom. The van der Waals surface area contributed by atoms with Gasteiger partial charge in [-0.3, -0.25) is 4.90 Å². The number of rotatable bonds is 6. The van der Waals surface area contributed by atoms with Gasteiger partial charge in [-0.2, -0.15) is 4.98 Å². The van der Waals surface area contributed by atoms with Crippen molar-refractivity contribution >= 4 is 29.4 Å². The lowest BCUT2D eigenvalue weighted by molar-refractivity contribution is 0.229. The van der Waals surface area contributed by atoms with Crippen LogP contribution >= 0.6 is 11.6 Å². The minimum Gasteiger partial charge on any atom is -0.343 e. The summed E-state index contributed by atoms with van der Waals surface area (Å²) in [5.41, 5.74) is 1.50. The van der Waals surface area contributed by atoms with Gasteiger partial charge in [-0.15, -0.1) is 0 Å². The van der Waals surface area contributed by atoms with Crippen LogP contribution in [0.25, 0.3) is 5.69 Å². The molecule has 3 heterocycles. The SMILES string of the molecule is CC(C)C1CN(C)C(=O)N1c1ccnc(NC2(c3cn(-c4ccccc4Cl)cn3)CC2)n1. The van der Waals surface area contributed by atoms with Crippen molar-refractivity contribution in [2.24, 2.45) is 5.92 Å². The predicted octanol–water partition coefficient (Wildman–Crippen LogP) is 4.31. The van der Waals surface area contributed by atoms with E-state index in [-0.39, 0.29) is 17.6 Å². The summed E-state index contributed by atoms with van der Waals surface area (Å²) in [6.07, 6.45) is 7.34. The van der Waals surface area contributed by atoms with E-state index in [0.29, 0.717) is 29.3 Å². The van der Waals surface area contributed by atoms with Crippen LogP contribution in [0.1, 0.15) is 32.4 Å². The van der Waals surface area contributed by atoms with Crippen molar-refractivity contribution in [2.75, 3.05) is 23.8 Å². The maximum absolute atomic E-state index is 12.8. The Hall–Kier alpha value is -3.13. The first-order valence-electron chi connectivity index (χ1n) is 10.8. The highest BCUT2D eigenvalue weighted by Gasteiger charge is 2.47. The van der Waals surface area contributed by atoms with Crippen LogP contribution in [0.2, 0.25) is 5.02 Å². The van der Waals surface area contributed by atoms with Crippen LogP contribution in [0.4, 0.5) is 16.6 Å². The van der Waals surface area contributed by atoms with E-state index in [0.717, 1.165) is 24.2 Å². The van der Waals surface area contributed by atoms with E-state index < -0.39 is 0 Å². The largest absolute Gasteiger partial charge is 0.343 e. The summed E-state index contributed by atoms with van der Waals surface area (Å²) in [6, 6.07) is 9.52. The smallest absolute Gasteiger partial charge is 0.325 e. The molecule has 1 aliphatic carbocycles. The normalized spacial score (nSPS) is 19.7. The Balaban J connectivity index is 1.40. The summed E-state index contributed by atoms with van der Waals surface area (Å²) < 4.78 is 1.93. The fourth-order valence-corrected chi connectivity index (χ4v) is 4.47. The molecule has 166 valence electrons. The molecule has 32 heavy (non-hydrogen) atoms. The van der Waals surface area contributed by atoms with Crippen molar-refractivity contribution in [3.63, 3.8) is 0 Å². The summed E-state index contributed by atoms with van der Waals surface area (Å²) in [5, 5.41) is 4.15. The fraction of sp³-hybridized carbons (Fsp3) is 0.391. The molecular formula is C23H26ClN7O. The molecular weight excluding hydrogens is 426 g/mol. The highest BCUT2D eigenvalue weighted by atomic mass is 35.5. The van der Waals surface area contributed by atoms with Gasteiger partial charge in [0.05, 0.1) is 34.3 Å². The average molecular weight is 452 g/mol. The quantitative estimate of drug-likeness (QED) is 0.604. The molecule has 0 radical (unpaired) electrons. The van der Waals surface area contributed by atoms with E-state index in [1.807, 2.05) is 42.1 Å². The zero-order valence-corrected chi connectivity index (χ0v) is 19.1. The van der Waals surface area contributed by atoms with E-state index >= 15 is 0 Å². The molecule has 1 saturated heterocycles. The number of imidazole rings is 1. The van der Waals surface area contributed by atoms with Crippen LogP contribution in [-0.2, 0) is 5.54 Å². The van der Waals surface area contributed by atoms with Gasteiger partial charge in [0.1, 0.15) is 5.82 Å². The van der Waals surface area contributed by atoms with E-state index in [2.05, 4.69) is 29.1 Å². The third-order valence-electron chi connectivity index (χ3n) is 6.29. The minimum atomic E-state index is -0.311. The Labute approximate surface area is 192 Å². The van der Waals surface area contributed by atoms with E-state index in [9.17, 15) is 4.79 Å². The molecule has 2 aliphatic rings. The molecule has 0 spiro atoms. The second-order valence-electron chi connectivity index (χ2n) is 8.91. The monoisotopic (exact) mass is 451 g/mol. The Kier molecular flexibility index (Phi) is 5.04. The maximum atomic E-state index is 12.8. The number of carbonyl (C=O) groups is 1. The molecule has 1 N–H and O–H groups in total. The number of carbonyl (C=O) groups excluding carboxylic acids is 1. The number of para-hydroxylation sites is 1. The first kappa shape index (κ1) is 20.8. The van der Waals surface area contributed by atoms with Crippen LogP contribution in [0.15, 0.2) is 49.1 Å². The molecule has 1 aromatic carbocycles. The Morgan fingerprint density at radius 3 is 2.69 bits per heavy atom. The van der Waals surface area contributed by atoms with E-state index in [1.54, 1.807) is 28.4 Å². The number of aromatic nitrogens is 4. The van der Waals surface area contributed by atoms with Gasteiger partial charge in [0, 0.05) is 26.0 Å². The second-order valence-corrected chi connectivity index (χ2v) is 9.31. The molecule has 9 heteroatoms. The van der Waals surface area contributed by atoms with Gasteiger partial charge in [0.25, 0.3) is 0 Å². The fourth-order valence-electron chi connectivity index (χ4n) is 4.23. The second kappa shape index (κ2) is 7.78. The van der Waals surface area contributed by atoms with Crippen LogP contribution in [0, 0.1) is 5.92 Å². The highest BCUT2D eigenvalue weighted by molar-refractivity contribution is 6.32. The number of amides is 2. The van der Waals surface area contributed by atoms with Gasteiger partial charge in [0.15, 0.2) is 0 Å². The van der Waals surface area contributed by atoms with Crippen molar-refractivity contribution in [3.05, 3.63) is 59.8 Å². The van der Waals surface area contributed by atoms with E-state index in [1.165, 1.54) is 0 Å². The Bertz CT molecular complexity index is 1160. The van der Waals surface area contributed by atoms with Gasteiger partial charge in [-0.1, -0.05) is 37.6 Å². The lowest BCUT2D eigenvalue weighted by atomic mass is 10.0. The summed E-state index contributed by atoms with van der Waals surface area (Å²) in [6.45, 7) is 4.94. The third kappa shape index (κ3) is 3.58. The number of benzene rings is 1. The first-order valence-corrected chi connectivity index (χ1v) is 11.2.